The van der Waals surface area contributed by atoms with Gasteiger partial charge in [0.2, 0.25) is 0 Å². The van der Waals surface area contributed by atoms with Crippen LogP contribution in [0.5, 0.6) is 5.75 Å². The maximum atomic E-state index is 9.78. The molecule has 1 atom stereocenters. The van der Waals surface area contributed by atoms with E-state index in [0.717, 1.165) is 19.5 Å². The van der Waals surface area contributed by atoms with Crippen molar-refractivity contribution in [3.63, 3.8) is 0 Å². The van der Waals surface area contributed by atoms with Gasteiger partial charge in [-0.3, -0.25) is 0 Å². The minimum absolute atomic E-state index is 0.218. The van der Waals surface area contributed by atoms with Crippen LogP contribution in [-0.2, 0) is 0 Å². The van der Waals surface area contributed by atoms with Gasteiger partial charge in [-0.15, -0.1) is 0 Å². The van der Waals surface area contributed by atoms with Crippen LogP contribution in [0.1, 0.15) is 12.0 Å². The Morgan fingerprint density at radius 3 is 2.95 bits per heavy atom. The number of hydrogen-bond donors (Lipinski definition) is 2. The summed E-state index contributed by atoms with van der Waals surface area (Å²) in [7, 11) is 4.08. The molecule has 5 nitrogen and oxygen atoms in total. The van der Waals surface area contributed by atoms with Gasteiger partial charge in [-0.2, -0.15) is 5.26 Å². The van der Waals surface area contributed by atoms with E-state index in [1.54, 1.807) is 24.3 Å². The van der Waals surface area contributed by atoms with E-state index in [4.69, 9.17) is 10.00 Å². The van der Waals surface area contributed by atoms with E-state index in [1.165, 1.54) is 0 Å². The van der Waals surface area contributed by atoms with Gasteiger partial charge in [-0.25, -0.2) is 0 Å². The van der Waals surface area contributed by atoms with Gasteiger partial charge in [0.15, 0.2) is 0 Å². The summed E-state index contributed by atoms with van der Waals surface area (Å²) in [4.78, 5) is 2.13. The monoisotopic (exact) mass is 277 g/mol. The quantitative estimate of drug-likeness (QED) is 0.655. The van der Waals surface area contributed by atoms with Crippen LogP contribution >= 0.6 is 0 Å². The van der Waals surface area contributed by atoms with Crippen LogP contribution in [0, 0.1) is 11.3 Å². The Kier molecular flexibility index (Phi) is 7.66. The predicted molar refractivity (Wildman–Crippen MR) is 78.7 cm³/mol. The number of ether oxygens (including phenoxy) is 1. The molecule has 0 radical (unpaired) electrons. The summed E-state index contributed by atoms with van der Waals surface area (Å²) in [6, 6.07) is 8.97. The molecule has 0 fully saturated rings. The first-order valence-corrected chi connectivity index (χ1v) is 6.78. The maximum Gasteiger partial charge on any atom is 0.120 e. The molecular weight excluding hydrogens is 254 g/mol. The van der Waals surface area contributed by atoms with Crippen molar-refractivity contribution in [2.75, 3.05) is 40.3 Å². The molecule has 1 unspecified atom stereocenters. The Labute approximate surface area is 120 Å². The van der Waals surface area contributed by atoms with E-state index in [9.17, 15) is 5.11 Å². The van der Waals surface area contributed by atoms with Crippen molar-refractivity contribution >= 4 is 0 Å². The number of nitrogens with one attached hydrogen (secondary N) is 1. The zero-order chi connectivity index (χ0) is 14.8. The number of nitriles is 1. The summed E-state index contributed by atoms with van der Waals surface area (Å²) >= 11 is 0. The lowest BCUT2D eigenvalue weighted by Gasteiger charge is -2.14. The van der Waals surface area contributed by atoms with Crippen molar-refractivity contribution in [2.45, 2.75) is 12.5 Å². The van der Waals surface area contributed by atoms with Crippen molar-refractivity contribution in [3.8, 4) is 11.8 Å². The molecule has 0 saturated carbocycles. The van der Waals surface area contributed by atoms with Gasteiger partial charge in [0.1, 0.15) is 18.5 Å². The van der Waals surface area contributed by atoms with Crippen molar-refractivity contribution < 1.29 is 9.84 Å². The van der Waals surface area contributed by atoms with Gasteiger partial charge in [-0.1, -0.05) is 6.07 Å². The van der Waals surface area contributed by atoms with Crippen molar-refractivity contribution in [3.05, 3.63) is 29.8 Å². The van der Waals surface area contributed by atoms with Gasteiger partial charge in [0, 0.05) is 6.54 Å². The van der Waals surface area contributed by atoms with Gasteiger partial charge in [-0.05, 0) is 51.8 Å². The average Bonchev–Trinajstić information content (AvgIpc) is 2.44. The molecule has 1 aromatic rings. The van der Waals surface area contributed by atoms with Gasteiger partial charge in [0.05, 0.1) is 11.6 Å². The zero-order valence-corrected chi connectivity index (χ0v) is 12.2. The summed E-state index contributed by atoms with van der Waals surface area (Å²) < 4.78 is 5.46. The van der Waals surface area contributed by atoms with Crippen LogP contribution in [0.25, 0.3) is 0 Å². The third-order valence-electron chi connectivity index (χ3n) is 2.74. The molecule has 0 heterocycles. The lowest BCUT2D eigenvalue weighted by Crippen LogP contribution is -2.32. The van der Waals surface area contributed by atoms with Gasteiger partial charge < -0.3 is 20.1 Å². The Hall–Kier alpha value is -1.61. The van der Waals surface area contributed by atoms with Crippen molar-refractivity contribution in [1.29, 1.82) is 5.26 Å². The van der Waals surface area contributed by atoms with Crippen molar-refractivity contribution in [1.82, 2.24) is 10.2 Å². The maximum absolute atomic E-state index is 9.78. The van der Waals surface area contributed by atoms with E-state index in [-0.39, 0.29) is 6.61 Å². The highest BCUT2D eigenvalue weighted by Gasteiger charge is 2.05. The van der Waals surface area contributed by atoms with E-state index in [0.29, 0.717) is 17.9 Å². The first-order valence-electron chi connectivity index (χ1n) is 6.78. The summed E-state index contributed by atoms with van der Waals surface area (Å²) in [6.45, 7) is 2.63. The first kappa shape index (κ1) is 16.4. The molecular formula is C15H23N3O2. The first-order chi connectivity index (χ1) is 9.61. The number of rotatable bonds is 9. The summed E-state index contributed by atoms with van der Waals surface area (Å²) in [5.74, 6) is 0.607. The smallest absolute Gasteiger partial charge is 0.120 e. The molecule has 0 bridgehead atoms. The van der Waals surface area contributed by atoms with E-state index in [1.807, 2.05) is 14.1 Å². The summed E-state index contributed by atoms with van der Waals surface area (Å²) in [6.07, 6.45) is 0.491. The fourth-order valence-electron chi connectivity index (χ4n) is 1.70. The second-order valence-electron chi connectivity index (χ2n) is 4.97. The fourth-order valence-corrected chi connectivity index (χ4v) is 1.70. The Balaban J connectivity index is 2.16. The van der Waals surface area contributed by atoms with E-state index in [2.05, 4.69) is 16.3 Å². The second-order valence-corrected chi connectivity index (χ2v) is 4.97. The summed E-state index contributed by atoms with van der Waals surface area (Å²) in [5.41, 5.74) is 0.554. The number of aliphatic hydroxyl groups is 1. The molecule has 110 valence electrons. The van der Waals surface area contributed by atoms with Crippen LogP contribution in [0.15, 0.2) is 24.3 Å². The van der Waals surface area contributed by atoms with Crippen LogP contribution in [0.2, 0.25) is 0 Å². The molecule has 2 N–H and O–H groups in total. The normalized spacial score (nSPS) is 12.2. The van der Waals surface area contributed by atoms with Gasteiger partial charge >= 0.3 is 0 Å². The standard InChI is InChI=1S/C15H23N3O2/c1-18(2)8-4-7-17-11-14(19)12-20-15-6-3-5-13(9-15)10-16/h3,5-6,9,14,17,19H,4,7-8,11-12H2,1-2H3. The molecule has 0 aliphatic carbocycles. The highest BCUT2D eigenvalue weighted by molar-refractivity contribution is 5.36. The zero-order valence-electron chi connectivity index (χ0n) is 12.2. The molecule has 20 heavy (non-hydrogen) atoms. The van der Waals surface area contributed by atoms with Gasteiger partial charge in [0.25, 0.3) is 0 Å². The molecule has 0 spiro atoms. The predicted octanol–water partition coefficient (Wildman–Crippen LogP) is 0.839. The van der Waals surface area contributed by atoms with E-state index >= 15 is 0 Å². The van der Waals surface area contributed by atoms with Crippen LogP contribution < -0.4 is 10.1 Å². The molecule has 1 aromatic carbocycles. The molecule has 0 aliphatic heterocycles. The largest absolute Gasteiger partial charge is 0.491 e. The fraction of sp³-hybridized carbons (Fsp3) is 0.533. The lowest BCUT2D eigenvalue weighted by atomic mass is 10.2. The number of benzene rings is 1. The Morgan fingerprint density at radius 1 is 1.45 bits per heavy atom. The highest BCUT2D eigenvalue weighted by atomic mass is 16.5. The summed E-state index contributed by atoms with van der Waals surface area (Å²) in [5, 5.41) is 21.7. The molecule has 5 heteroatoms. The molecule has 0 saturated heterocycles. The van der Waals surface area contributed by atoms with Crippen LogP contribution in [0.3, 0.4) is 0 Å². The number of nitrogens with zero attached hydrogens (tertiary/aromatic N) is 2. The molecule has 0 aliphatic rings. The topological polar surface area (TPSA) is 68.5 Å². The van der Waals surface area contributed by atoms with Crippen molar-refractivity contribution in [2.24, 2.45) is 0 Å². The second kappa shape index (κ2) is 9.32. The molecule has 1 rings (SSSR count). The van der Waals surface area contributed by atoms with Crippen LogP contribution in [0.4, 0.5) is 0 Å². The average molecular weight is 277 g/mol. The number of hydrogen-bond acceptors (Lipinski definition) is 5. The Morgan fingerprint density at radius 2 is 2.25 bits per heavy atom. The minimum atomic E-state index is -0.555. The van der Waals surface area contributed by atoms with Crippen LogP contribution in [-0.4, -0.2) is 56.4 Å². The highest BCUT2D eigenvalue weighted by Crippen LogP contribution is 2.12. The Bertz CT molecular complexity index is 429. The third kappa shape index (κ3) is 7.10. The number of aliphatic hydroxyl groups excluding tert-OH is 1. The minimum Gasteiger partial charge on any atom is -0.491 e. The van der Waals surface area contributed by atoms with E-state index < -0.39 is 6.10 Å². The molecule has 0 amide bonds. The third-order valence-corrected chi connectivity index (χ3v) is 2.74. The lowest BCUT2D eigenvalue weighted by molar-refractivity contribution is 0.106. The molecule has 0 aromatic heterocycles. The SMILES string of the molecule is CN(C)CCCNCC(O)COc1cccc(C#N)c1.